The highest BCUT2D eigenvalue weighted by molar-refractivity contribution is 9.10. The molecule has 0 aromatic heterocycles. The van der Waals surface area contributed by atoms with Crippen LogP contribution in [-0.4, -0.2) is 11.8 Å². The Kier molecular flexibility index (Phi) is 5.61. The Bertz CT molecular complexity index is 919. The molecule has 0 atom stereocenters. The molecule has 0 unspecified atom stereocenters. The Hall–Kier alpha value is -2.04. The number of halogens is 2. The zero-order valence-electron chi connectivity index (χ0n) is 13.6. The predicted molar refractivity (Wildman–Crippen MR) is 104 cm³/mol. The van der Waals surface area contributed by atoms with Crippen molar-refractivity contribution in [3.63, 3.8) is 0 Å². The Labute approximate surface area is 159 Å². The van der Waals surface area contributed by atoms with Crippen molar-refractivity contribution < 1.29 is 14.3 Å². The first-order valence-electron chi connectivity index (χ1n) is 7.85. The summed E-state index contributed by atoms with van der Waals surface area (Å²) in [5.41, 5.74) is 1.43. The average molecular weight is 420 g/mol. The van der Waals surface area contributed by atoms with E-state index in [1.807, 2.05) is 31.2 Å². The number of hydrogen-bond donors (Lipinski definition) is 0. The van der Waals surface area contributed by atoms with E-state index in [9.17, 15) is 4.79 Å². The van der Waals surface area contributed by atoms with Gasteiger partial charge in [0.25, 0.3) is 5.24 Å². The van der Waals surface area contributed by atoms with Crippen molar-refractivity contribution >= 4 is 43.5 Å². The predicted octanol–water partition coefficient (Wildman–Crippen LogP) is 5.96. The molecule has 0 amide bonds. The van der Waals surface area contributed by atoms with Crippen LogP contribution < -0.4 is 9.47 Å². The van der Waals surface area contributed by atoms with Gasteiger partial charge in [0.15, 0.2) is 11.5 Å². The van der Waals surface area contributed by atoms with Crippen LogP contribution in [0.3, 0.4) is 0 Å². The Morgan fingerprint density at radius 2 is 1.84 bits per heavy atom. The van der Waals surface area contributed by atoms with Crippen molar-refractivity contribution in [1.29, 1.82) is 0 Å². The van der Waals surface area contributed by atoms with Crippen molar-refractivity contribution in [1.82, 2.24) is 0 Å². The molecule has 0 aliphatic heterocycles. The van der Waals surface area contributed by atoms with Gasteiger partial charge in [-0.3, -0.25) is 4.79 Å². The highest BCUT2D eigenvalue weighted by atomic mass is 79.9. The molecular weight excluding hydrogens is 404 g/mol. The fourth-order valence-electron chi connectivity index (χ4n) is 2.65. The molecule has 0 heterocycles. The third-order valence-electron chi connectivity index (χ3n) is 3.79. The van der Waals surface area contributed by atoms with Gasteiger partial charge in [-0.15, -0.1) is 0 Å². The summed E-state index contributed by atoms with van der Waals surface area (Å²) in [6, 6.07) is 17.5. The highest BCUT2D eigenvalue weighted by Gasteiger charge is 2.15. The van der Waals surface area contributed by atoms with Crippen LogP contribution in [-0.2, 0) is 6.61 Å². The average Bonchev–Trinajstić information content (AvgIpc) is 2.61. The van der Waals surface area contributed by atoms with Crippen LogP contribution in [0.2, 0.25) is 0 Å². The maximum atomic E-state index is 11.4. The number of fused-ring (bicyclic) bond motifs is 1. The van der Waals surface area contributed by atoms with Gasteiger partial charge in [0.1, 0.15) is 6.61 Å². The van der Waals surface area contributed by atoms with Gasteiger partial charge in [-0.25, -0.2) is 0 Å². The van der Waals surface area contributed by atoms with E-state index < -0.39 is 5.24 Å². The van der Waals surface area contributed by atoms with Crippen molar-refractivity contribution in [3.8, 4) is 11.5 Å². The lowest BCUT2D eigenvalue weighted by Crippen LogP contribution is -2.02. The van der Waals surface area contributed by atoms with Gasteiger partial charge in [-0.2, -0.15) is 0 Å². The summed E-state index contributed by atoms with van der Waals surface area (Å²) in [7, 11) is 0. The SMILES string of the molecule is CCOc1cc(C(=O)Cl)cc(Br)c1OCc1cccc2ccccc12. The van der Waals surface area contributed by atoms with Gasteiger partial charge >= 0.3 is 0 Å². The van der Waals surface area contributed by atoms with E-state index in [1.165, 1.54) is 0 Å². The molecule has 0 aliphatic carbocycles. The molecule has 5 heteroatoms. The summed E-state index contributed by atoms with van der Waals surface area (Å²) in [4.78, 5) is 11.4. The molecule has 0 N–H and O–H groups in total. The number of rotatable bonds is 6. The first-order valence-corrected chi connectivity index (χ1v) is 9.03. The van der Waals surface area contributed by atoms with Gasteiger partial charge < -0.3 is 9.47 Å². The summed E-state index contributed by atoms with van der Waals surface area (Å²) in [6.07, 6.45) is 0. The van der Waals surface area contributed by atoms with E-state index in [1.54, 1.807) is 12.1 Å². The summed E-state index contributed by atoms with van der Waals surface area (Å²) < 4.78 is 12.3. The smallest absolute Gasteiger partial charge is 0.252 e. The Morgan fingerprint density at radius 1 is 1.08 bits per heavy atom. The third kappa shape index (κ3) is 3.97. The fourth-order valence-corrected chi connectivity index (χ4v) is 3.32. The molecule has 0 saturated heterocycles. The maximum Gasteiger partial charge on any atom is 0.252 e. The quantitative estimate of drug-likeness (QED) is 0.462. The second-order valence-electron chi connectivity index (χ2n) is 5.42. The van der Waals surface area contributed by atoms with Crippen LogP contribution in [0.15, 0.2) is 59.1 Å². The number of hydrogen-bond acceptors (Lipinski definition) is 3. The molecule has 3 rings (SSSR count). The van der Waals surface area contributed by atoms with Crippen LogP contribution in [0.25, 0.3) is 10.8 Å². The summed E-state index contributed by atoms with van der Waals surface area (Å²) in [5.74, 6) is 1.04. The first-order chi connectivity index (χ1) is 12.1. The molecule has 0 spiro atoms. The molecule has 128 valence electrons. The molecule has 0 saturated carbocycles. The third-order valence-corrected chi connectivity index (χ3v) is 4.60. The van der Waals surface area contributed by atoms with Gasteiger partial charge in [0.2, 0.25) is 0 Å². The molecule has 25 heavy (non-hydrogen) atoms. The number of carbonyl (C=O) groups is 1. The van der Waals surface area contributed by atoms with Gasteiger partial charge in [-0.1, -0.05) is 42.5 Å². The normalized spacial score (nSPS) is 10.7. The lowest BCUT2D eigenvalue weighted by Gasteiger charge is -2.15. The summed E-state index contributed by atoms with van der Waals surface area (Å²) >= 11 is 9.03. The largest absolute Gasteiger partial charge is 0.490 e. The molecule has 0 fully saturated rings. The Balaban J connectivity index is 1.93. The summed E-state index contributed by atoms with van der Waals surface area (Å²) in [6.45, 7) is 2.71. The highest BCUT2D eigenvalue weighted by Crippen LogP contribution is 2.38. The lowest BCUT2D eigenvalue weighted by molar-refractivity contribution is 0.108. The van der Waals surface area contributed by atoms with Crippen molar-refractivity contribution in [2.45, 2.75) is 13.5 Å². The van der Waals surface area contributed by atoms with Gasteiger partial charge in [0, 0.05) is 5.56 Å². The van der Waals surface area contributed by atoms with Gasteiger partial charge in [0.05, 0.1) is 11.1 Å². The number of ether oxygens (including phenoxy) is 2. The van der Waals surface area contributed by atoms with Crippen LogP contribution in [0.5, 0.6) is 11.5 Å². The van der Waals surface area contributed by atoms with Crippen molar-refractivity contribution in [3.05, 3.63) is 70.2 Å². The minimum Gasteiger partial charge on any atom is -0.490 e. The van der Waals surface area contributed by atoms with Crippen molar-refractivity contribution in [2.24, 2.45) is 0 Å². The van der Waals surface area contributed by atoms with Gasteiger partial charge in [-0.05, 0) is 62.9 Å². The standard InChI is InChI=1S/C20H16BrClO3/c1-2-24-18-11-15(20(22)23)10-17(21)19(18)25-12-14-8-5-7-13-6-3-4-9-16(13)14/h3-11H,2,12H2,1H3. The minimum atomic E-state index is -0.540. The zero-order chi connectivity index (χ0) is 17.8. The van der Waals surface area contributed by atoms with E-state index in [4.69, 9.17) is 21.1 Å². The molecule has 0 aliphatic rings. The molecular formula is C20H16BrClO3. The summed E-state index contributed by atoms with van der Waals surface area (Å²) in [5, 5.41) is 1.77. The van der Waals surface area contributed by atoms with E-state index in [0.29, 0.717) is 34.7 Å². The van der Waals surface area contributed by atoms with Crippen molar-refractivity contribution in [2.75, 3.05) is 6.61 Å². The Morgan fingerprint density at radius 3 is 2.60 bits per heavy atom. The molecule has 3 aromatic carbocycles. The zero-order valence-corrected chi connectivity index (χ0v) is 15.9. The topological polar surface area (TPSA) is 35.5 Å². The minimum absolute atomic E-state index is 0.356. The second kappa shape index (κ2) is 7.89. The molecule has 3 aromatic rings. The van der Waals surface area contributed by atoms with E-state index >= 15 is 0 Å². The number of carbonyl (C=O) groups excluding carboxylic acids is 1. The first kappa shape index (κ1) is 17.8. The second-order valence-corrected chi connectivity index (χ2v) is 6.62. The van der Waals surface area contributed by atoms with Crippen LogP contribution in [0, 0.1) is 0 Å². The molecule has 0 radical (unpaired) electrons. The molecule has 3 nitrogen and oxygen atoms in total. The van der Waals surface area contributed by atoms with E-state index in [2.05, 4.69) is 34.1 Å². The monoisotopic (exact) mass is 418 g/mol. The van der Waals surface area contributed by atoms with Crippen LogP contribution in [0.4, 0.5) is 0 Å². The van der Waals surface area contributed by atoms with Crippen LogP contribution in [0.1, 0.15) is 22.8 Å². The lowest BCUT2D eigenvalue weighted by atomic mass is 10.1. The van der Waals surface area contributed by atoms with E-state index in [0.717, 1.165) is 16.3 Å². The number of benzene rings is 3. The fraction of sp³-hybridized carbons (Fsp3) is 0.150. The van der Waals surface area contributed by atoms with Crippen LogP contribution >= 0.6 is 27.5 Å². The van der Waals surface area contributed by atoms with E-state index in [-0.39, 0.29) is 0 Å². The maximum absolute atomic E-state index is 11.4. The molecule has 0 bridgehead atoms.